The number of unbranched alkanes of at least 4 members (excludes halogenated alkanes) is 40. The second kappa shape index (κ2) is 65.7. The minimum atomic E-state index is -4.95. The molecule has 0 fully saturated rings. The van der Waals surface area contributed by atoms with Crippen LogP contribution in [0.15, 0.2) is 0 Å². The lowest BCUT2D eigenvalue weighted by atomic mass is 9.99. The number of esters is 4. The van der Waals surface area contributed by atoms with Gasteiger partial charge in [0, 0.05) is 25.7 Å². The van der Waals surface area contributed by atoms with Crippen molar-refractivity contribution in [3.8, 4) is 0 Å². The highest BCUT2D eigenvalue weighted by atomic mass is 31.2. The molecule has 0 saturated carbocycles. The SMILES string of the molecule is CCCCCCCC(=O)OC[C@H](COP(=O)(O)OC[C@H](O)COP(=O)(O)OC[C@@H](COC(=O)CCCCCCCCCCCCCCCC(C)C)OC(=O)CCCCCCCCCCCCCCCCCCCCC(C)CC)OC(=O)CCCCCCCCCCC(C)C. The minimum Gasteiger partial charge on any atom is -0.462 e. The molecule has 0 radical (unpaired) electrons. The Morgan fingerprint density at radius 2 is 0.543 bits per heavy atom. The van der Waals surface area contributed by atoms with Crippen molar-refractivity contribution in [2.75, 3.05) is 39.6 Å². The molecule has 6 atom stereocenters. The number of phosphoric ester groups is 2. The summed E-state index contributed by atoms with van der Waals surface area (Å²) in [7, 11) is -9.90. The van der Waals surface area contributed by atoms with Crippen LogP contribution in [0.4, 0.5) is 0 Å². The second-order valence-electron chi connectivity index (χ2n) is 28.2. The number of aliphatic hydroxyl groups excluding tert-OH is 1. The van der Waals surface area contributed by atoms with Crippen LogP contribution in [-0.4, -0.2) is 96.7 Å². The maximum atomic E-state index is 13.1. The highest BCUT2D eigenvalue weighted by Gasteiger charge is 2.30. The van der Waals surface area contributed by atoms with Gasteiger partial charge < -0.3 is 33.8 Å². The van der Waals surface area contributed by atoms with Crippen LogP contribution in [0, 0.1) is 17.8 Å². The van der Waals surface area contributed by atoms with E-state index >= 15 is 0 Å². The van der Waals surface area contributed by atoms with Crippen LogP contribution in [0.2, 0.25) is 0 Å². The van der Waals surface area contributed by atoms with Crippen molar-refractivity contribution in [3.05, 3.63) is 0 Å². The highest BCUT2D eigenvalue weighted by molar-refractivity contribution is 7.47. The molecule has 0 aliphatic heterocycles. The van der Waals surface area contributed by atoms with Gasteiger partial charge in [-0.2, -0.15) is 0 Å². The fourth-order valence-electron chi connectivity index (χ4n) is 11.4. The van der Waals surface area contributed by atoms with Gasteiger partial charge in [-0.15, -0.1) is 0 Å². The molecular weight excluding hydrogens is 1230 g/mol. The van der Waals surface area contributed by atoms with E-state index in [1.165, 1.54) is 186 Å². The lowest BCUT2D eigenvalue weighted by Gasteiger charge is -2.21. The zero-order valence-electron chi connectivity index (χ0n) is 61.4. The monoisotopic (exact) mass is 1380 g/mol. The molecule has 0 bridgehead atoms. The third-order valence-electron chi connectivity index (χ3n) is 17.7. The van der Waals surface area contributed by atoms with E-state index in [-0.39, 0.29) is 25.7 Å². The number of hydrogen-bond acceptors (Lipinski definition) is 15. The Kier molecular flexibility index (Phi) is 64.3. The summed E-state index contributed by atoms with van der Waals surface area (Å²) >= 11 is 0. The normalized spacial score (nSPS) is 14.4. The number of ether oxygens (including phenoxy) is 4. The summed E-state index contributed by atoms with van der Waals surface area (Å²) in [4.78, 5) is 72.4. The topological polar surface area (TPSA) is 237 Å². The van der Waals surface area contributed by atoms with Crippen LogP contribution in [0.1, 0.15) is 382 Å². The molecule has 3 N–H and O–H groups in total. The highest BCUT2D eigenvalue weighted by Crippen LogP contribution is 2.45. The van der Waals surface area contributed by atoms with Crippen LogP contribution in [0.5, 0.6) is 0 Å². The van der Waals surface area contributed by atoms with Gasteiger partial charge in [-0.05, 0) is 43.4 Å². The maximum absolute atomic E-state index is 13.1. The van der Waals surface area contributed by atoms with Crippen LogP contribution in [-0.2, 0) is 65.4 Å². The number of aliphatic hydroxyl groups is 1. The van der Waals surface area contributed by atoms with Gasteiger partial charge >= 0.3 is 39.5 Å². The Labute approximate surface area is 575 Å². The van der Waals surface area contributed by atoms with Gasteiger partial charge in [-0.25, -0.2) is 9.13 Å². The summed E-state index contributed by atoms with van der Waals surface area (Å²) in [6, 6.07) is 0. The summed E-state index contributed by atoms with van der Waals surface area (Å²) in [6.45, 7) is 11.8. The van der Waals surface area contributed by atoms with E-state index in [0.717, 1.165) is 114 Å². The maximum Gasteiger partial charge on any atom is 0.472 e. The zero-order valence-corrected chi connectivity index (χ0v) is 63.2. The molecule has 0 spiro atoms. The molecule has 0 aromatic heterocycles. The molecular formula is C75H146O17P2. The Bertz CT molecular complexity index is 1840. The third-order valence-corrected chi connectivity index (χ3v) is 19.6. The Morgan fingerprint density at radius 1 is 0.309 bits per heavy atom. The Balaban J connectivity index is 5.12. The third kappa shape index (κ3) is 67.3. The molecule has 0 aromatic carbocycles. The van der Waals surface area contributed by atoms with E-state index < -0.39 is 97.5 Å². The van der Waals surface area contributed by atoms with Gasteiger partial charge in [0.1, 0.15) is 19.3 Å². The van der Waals surface area contributed by atoms with E-state index in [9.17, 15) is 43.2 Å². The van der Waals surface area contributed by atoms with E-state index in [1.54, 1.807) is 0 Å². The molecule has 0 aliphatic carbocycles. The average Bonchev–Trinajstić information content (AvgIpc) is 1.30. The summed E-state index contributed by atoms with van der Waals surface area (Å²) < 4.78 is 68.2. The van der Waals surface area contributed by atoms with Gasteiger partial charge in [0.15, 0.2) is 12.2 Å². The number of carbonyl (C=O) groups excluding carboxylic acids is 4. The molecule has 558 valence electrons. The molecule has 0 heterocycles. The van der Waals surface area contributed by atoms with Crippen molar-refractivity contribution in [3.63, 3.8) is 0 Å². The predicted molar refractivity (Wildman–Crippen MR) is 381 cm³/mol. The smallest absolute Gasteiger partial charge is 0.462 e. The molecule has 3 unspecified atom stereocenters. The predicted octanol–water partition coefficient (Wildman–Crippen LogP) is 21.8. The van der Waals surface area contributed by atoms with Gasteiger partial charge in [0.2, 0.25) is 0 Å². The average molecular weight is 1380 g/mol. The van der Waals surface area contributed by atoms with Gasteiger partial charge in [-0.1, -0.05) is 331 Å². The molecule has 0 aliphatic rings. The number of hydrogen-bond donors (Lipinski definition) is 3. The molecule has 94 heavy (non-hydrogen) atoms. The van der Waals surface area contributed by atoms with E-state index in [4.69, 9.17) is 37.0 Å². The molecule has 19 heteroatoms. The summed E-state index contributed by atoms with van der Waals surface area (Å²) in [5.41, 5.74) is 0. The lowest BCUT2D eigenvalue weighted by Crippen LogP contribution is -2.30. The van der Waals surface area contributed by atoms with Crippen molar-refractivity contribution in [2.45, 2.75) is 401 Å². The van der Waals surface area contributed by atoms with Crippen molar-refractivity contribution in [1.29, 1.82) is 0 Å². The van der Waals surface area contributed by atoms with Gasteiger partial charge in [0.25, 0.3) is 0 Å². The fourth-order valence-corrected chi connectivity index (χ4v) is 13.0. The van der Waals surface area contributed by atoms with Crippen molar-refractivity contribution in [2.24, 2.45) is 17.8 Å². The van der Waals surface area contributed by atoms with Gasteiger partial charge in [0.05, 0.1) is 26.4 Å². The minimum absolute atomic E-state index is 0.103. The standard InChI is InChI=1S/C75H146O17P2/c1-8-10-11-39-49-56-72(77)85-62-70(91-75(80)59-52-45-38-32-31-34-41-47-54-67(5)6)64-89-93(81,82)87-60-69(76)61-88-94(83,84)90-65-71(63-86-73(78)57-50-43-36-29-25-22-18-19-23-27-33-40-46-53-66(3)4)92-74(79)58-51-44-37-30-26-21-17-15-13-12-14-16-20-24-28-35-42-48-55-68(7)9-2/h66-71,76H,8-65H2,1-7H3,(H,81,82)(H,83,84)/t68?,69-,70+,71+/m0/s1. The summed E-state index contributed by atoms with van der Waals surface area (Å²) in [5, 5.41) is 10.6. The first-order valence-corrected chi connectivity index (χ1v) is 41.9. The van der Waals surface area contributed by atoms with Gasteiger partial charge in [-0.3, -0.25) is 37.3 Å². The fraction of sp³-hybridized carbons (Fsp3) is 0.947. The molecule has 0 aromatic rings. The summed E-state index contributed by atoms with van der Waals surface area (Å²) in [6.07, 6.45) is 51.9. The molecule has 0 saturated heterocycles. The first-order valence-electron chi connectivity index (χ1n) is 38.9. The first-order chi connectivity index (χ1) is 45.3. The second-order valence-corrected chi connectivity index (χ2v) is 31.1. The van der Waals surface area contributed by atoms with E-state index in [2.05, 4.69) is 48.5 Å². The number of rotatable bonds is 73. The lowest BCUT2D eigenvalue weighted by molar-refractivity contribution is -0.161. The molecule has 17 nitrogen and oxygen atoms in total. The number of carbonyl (C=O) groups is 4. The Morgan fingerprint density at radius 3 is 0.809 bits per heavy atom. The largest absolute Gasteiger partial charge is 0.472 e. The Hall–Kier alpha value is -1.94. The quantitative estimate of drug-likeness (QED) is 0.0222. The van der Waals surface area contributed by atoms with Crippen LogP contribution in [0.3, 0.4) is 0 Å². The van der Waals surface area contributed by atoms with Crippen LogP contribution in [0.25, 0.3) is 0 Å². The van der Waals surface area contributed by atoms with Crippen LogP contribution >= 0.6 is 15.6 Å². The zero-order chi connectivity index (χ0) is 69.4. The molecule has 0 rings (SSSR count). The first kappa shape index (κ1) is 92.1. The van der Waals surface area contributed by atoms with E-state index in [1.807, 2.05) is 0 Å². The summed E-state index contributed by atoms with van der Waals surface area (Å²) in [5.74, 6) is 0.248. The molecule has 0 amide bonds. The van der Waals surface area contributed by atoms with E-state index in [0.29, 0.717) is 25.7 Å². The van der Waals surface area contributed by atoms with Crippen LogP contribution < -0.4 is 0 Å². The van der Waals surface area contributed by atoms with Crippen molar-refractivity contribution in [1.82, 2.24) is 0 Å². The number of phosphoric acid groups is 2. The van der Waals surface area contributed by atoms with Crippen molar-refractivity contribution >= 4 is 39.5 Å². The van der Waals surface area contributed by atoms with Crippen molar-refractivity contribution < 1.29 is 80.2 Å².